The lowest BCUT2D eigenvalue weighted by molar-refractivity contribution is 0.0646. The maximum atomic E-state index is 12.2. The van der Waals surface area contributed by atoms with Gasteiger partial charge in [0.2, 0.25) is 0 Å². The molecule has 1 saturated carbocycles. The molecule has 26 heavy (non-hydrogen) atoms. The zero-order valence-corrected chi connectivity index (χ0v) is 15.5. The fourth-order valence-electron chi connectivity index (χ4n) is 3.32. The van der Waals surface area contributed by atoms with Gasteiger partial charge in [0.25, 0.3) is 0 Å². The van der Waals surface area contributed by atoms with Crippen LogP contribution >= 0.6 is 0 Å². The Hall–Kier alpha value is -2.34. The summed E-state index contributed by atoms with van der Waals surface area (Å²) in [5.41, 5.74) is 3.85. The van der Waals surface area contributed by atoms with Crippen molar-refractivity contribution in [2.75, 3.05) is 11.9 Å². The van der Waals surface area contributed by atoms with Gasteiger partial charge in [0.05, 0.1) is 29.4 Å². The minimum Gasteiger partial charge on any atom is -0.391 e. The second-order valence-electron chi connectivity index (χ2n) is 7.05. The number of amides is 2. The number of aliphatic hydroxyl groups excluding tert-OH is 1. The molecule has 6 nitrogen and oxygen atoms in total. The Morgan fingerprint density at radius 1 is 1.38 bits per heavy atom. The number of benzene rings is 1. The third-order valence-electron chi connectivity index (χ3n) is 5.11. The molecule has 1 aliphatic carbocycles. The molecule has 1 fully saturated rings. The second kappa shape index (κ2) is 8.36. The second-order valence-corrected chi connectivity index (χ2v) is 7.05. The highest BCUT2D eigenvalue weighted by Crippen LogP contribution is 2.29. The van der Waals surface area contributed by atoms with Gasteiger partial charge in [0.1, 0.15) is 0 Å². The first-order valence-electron chi connectivity index (χ1n) is 9.46. The number of para-hydroxylation sites is 1. The predicted molar refractivity (Wildman–Crippen MR) is 103 cm³/mol. The van der Waals surface area contributed by atoms with Crippen molar-refractivity contribution in [2.24, 2.45) is 5.92 Å². The number of anilines is 1. The quantitative estimate of drug-likeness (QED) is 0.711. The summed E-state index contributed by atoms with van der Waals surface area (Å²) >= 11 is 0. The van der Waals surface area contributed by atoms with Crippen molar-refractivity contribution in [2.45, 2.75) is 52.1 Å². The smallest absolute Gasteiger partial charge is 0.319 e. The number of hydrogen-bond donors (Lipinski definition) is 3. The molecule has 0 saturated heterocycles. The summed E-state index contributed by atoms with van der Waals surface area (Å²) in [5.74, 6) is 0.328. The molecule has 0 aliphatic heterocycles. The fourth-order valence-corrected chi connectivity index (χ4v) is 3.32. The van der Waals surface area contributed by atoms with E-state index in [9.17, 15) is 9.90 Å². The number of aryl methyl sites for hydroxylation is 1. The number of urea groups is 1. The van der Waals surface area contributed by atoms with Crippen LogP contribution in [0.5, 0.6) is 0 Å². The predicted octanol–water partition coefficient (Wildman–Crippen LogP) is 3.42. The van der Waals surface area contributed by atoms with Gasteiger partial charge in [0, 0.05) is 6.54 Å². The van der Waals surface area contributed by atoms with Crippen LogP contribution in [0.3, 0.4) is 0 Å². The summed E-state index contributed by atoms with van der Waals surface area (Å²) in [7, 11) is 0. The Balaban J connectivity index is 1.69. The monoisotopic (exact) mass is 356 g/mol. The van der Waals surface area contributed by atoms with Crippen LogP contribution in [-0.2, 0) is 6.42 Å². The van der Waals surface area contributed by atoms with E-state index in [2.05, 4.69) is 22.7 Å². The van der Waals surface area contributed by atoms with E-state index in [1.165, 1.54) is 6.42 Å². The molecule has 1 unspecified atom stereocenters. The Morgan fingerprint density at radius 3 is 2.81 bits per heavy atom. The van der Waals surface area contributed by atoms with E-state index in [0.717, 1.165) is 42.6 Å². The molecular formula is C20H28N4O2. The number of aliphatic hydroxyl groups is 1. The summed E-state index contributed by atoms with van der Waals surface area (Å²) in [6.07, 6.45) is 6.27. The van der Waals surface area contributed by atoms with E-state index in [1.807, 2.05) is 35.9 Å². The maximum absolute atomic E-state index is 12.2. The van der Waals surface area contributed by atoms with Crippen LogP contribution in [0.25, 0.3) is 5.69 Å². The molecule has 1 heterocycles. The third-order valence-corrected chi connectivity index (χ3v) is 5.11. The summed E-state index contributed by atoms with van der Waals surface area (Å²) in [6, 6.07) is 7.77. The number of carbonyl (C=O) groups is 1. The summed E-state index contributed by atoms with van der Waals surface area (Å²) in [4.78, 5) is 12.2. The lowest BCUT2D eigenvalue weighted by atomic mass is 9.81. The largest absolute Gasteiger partial charge is 0.391 e. The van der Waals surface area contributed by atoms with Crippen molar-refractivity contribution in [3.63, 3.8) is 0 Å². The standard InChI is InChI=1S/C20H28N4O2/c1-3-7-18-16(12-22-24(18)17-11-5-4-8-14(17)2)23-20(26)21-13-19(25)15-9-6-10-15/h4-5,8,11-12,15,19,25H,3,6-7,9-10,13H2,1-2H3,(H2,21,23,26). The number of rotatable bonds is 7. The summed E-state index contributed by atoms with van der Waals surface area (Å²) < 4.78 is 1.90. The molecule has 3 N–H and O–H groups in total. The third kappa shape index (κ3) is 4.07. The molecule has 0 radical (unpaired) electrons. The minimum absolute atomic E-state index is 0.283. The molecule has 1 aromatic heterocycles. The molecule has 3 rings (SSSR count). The molecule has 2 aromatic rings. The molecule has 1 aliphatic rings. The van der Waals surface area contributed by atoms with Crippen LogP contribution in [-0.4, -0.2) is 33.6 Å². The molecule has 2 amide bonds. The fraction of sp³-hybridized carbons (Fsp3) is 0.500. The first kappa shape index (κ1) is 18.5. The molecule has 1 atom stereocenters. The van der Waals surface area contributed by atoms with Crippen molar-refractivity contribution in [3.05, 3.63) is 41.7 Å². The number of carbonyl (C=O) groups excluding carboxylic acids is 1. The Labute approximate surface area is 154 Å². The maximum Gasteiger partial charge on any atom is 0.319 e. The first-order valence-corrected chi connectivity index (χ1v) is 9.46. The van der Waals surface area contributed by atoms with Gasteiger partial charge in [-0.2, -0.15) is 5.10 Å². The van der Waals surface area contributed by atoms with Gasteiger partial charge >= 0.3 is 6.03 Å². The van der Waals surface area contributed by atoms with Crippen molar-refractivity contribution in [1.82, 2.24) is 15.1 Å². The van der Waals surface area contributed by atoms with E-state index in [0.29, 0.717) is 11.6 Å². The minimum atomic E-state index is -0.459. The van der Waals surface area contributed by atoms with Gasteiger partial charge < -0.3 is 15.7 Å². The number of hydrogen-bond acceptors (Lipinski definition) is 3. The SMILES string of the molecule is CCCc1c(NC(=O)NCC(O)C2CCC2)cnn1-c1ccccc1C. The van der Waals surface area contributed by atoms with E-state index < -0.39 is 6.10 Å². The van der Waals surface area contributed by atoms with Crippen LogP contribution in [0.4, 0.5) is 10.5 Å². The van der Waals surface area contributed by atoms with Gasteiger partial charge in [0.15, 0.2) is 0 Å². The van der Waals surface area contributed by atoms with Crippen LogP contribution in [0.2, 0.25) is 0 Å². The lowest BCUT2D eigenvalue weighted by Gasteiger charge is -2.30. The van der Waals surface area contributed by atoms with E-state index >= 15 is 0 Å². The van der Waals surface area contributed by atoms with Gasteiger partial charge in [-0.3, -0.25) is 0 Å². The molecule has 6 heteroatoms. The van der Waals surface area contributed by atoms with Crippen LogP contribution < -0.4 is 10.6 Å². The van der Waals surface area contributed by atoms with E-state index in [-0.39, 0.29) is 12.6 Å². The highest BCUT2D eigenvalue weighted by atomic mass is 16.3. The van der Waals surface area contributed by atoms with Gasteiger partial charge in [-0.25, -0.2) is 9.48 Å². The molecule has 1 aromatic carbocycles. The van der Waals surface area contributed by atoms with Crippen molar-refractivity contribution in [1.29, 1.82) is 0 Å². The van der Waals surface area contributed by atoms with Crippen molar-refractivity contribution < 1.29 is 9.90 Å². The number of aromatic nitrogens is 2. The number of nitrogens with one attached hydrogen (secondary N) is 2. The van der Waals surface area contributed by atoms with E-state index in [1.54, 1.807) is 6.20 Å². The molecule has 0 spiro atoms. The van der Waals surface area contributed by atoms with Crippen molar-refractivity contribution >= 4 is 11.7 Å². The van der Waals surface area contributed by atoms with Crippen LogP contribution in [0.1, 0.15) is 43.9 Å². The Kier molecular flexibility index (Phi) is 5.93. The molecule has 0 bridgehead atoms. The van der Waals surface area contributed by atoms with Gasteiger partial charge in [-0.15, -0.1) is 0 Å². The highest BCUT2D eigenvalue weighted by Gasteiger charge is 2.25. The van der Waals surface area contributed by atoms with Crippen molar-refractivity contribution in [3.8, 4) is 5.69 Å². The zero-order valence-electron chi connectivity index (χ0n) is 15.5. The van der Waals surface area contributed by atoms with Gasteiger partial charge in [-0.1, -0.05) is 38.0 Å². The Morgan fingerprint density at radius 2 is 2.15 bits per heavy atom. The van der Waals surface area contributed by atoms with Crippen LogP contribution in [0.15, 0.2) is 30.5 Å². The zero-order chi connectivity index (χ0) is 18.5. The average molecular weight is 356 g/mol. The highest BCUT2D eigenvalue weighted by molar-refractivity contribution is 5.89. The van der Waals surface area contributed by atoms with Crippen LogP contribution in [0, 0.1) is 12.8 Å². The van der Waals surface area contributed by atoms with E-state index in [4.69, 9.17) is 0 Å². The number of nitrogens with zero attached hydrogens (tertiary/aromatic N) is 2. The Bertz CT molecular complexity index is 752. The average Bonchev–Trinajstić information content (AvgIpc) is 2.95. The summed E-state index contributed by atoms with van der Waals surface area (Å²) in [5, 5.41) is 20.2. The molecular weight excluding hydrogens is 328 g/mol. The molecule has 140 valence electrons. The lowest BCUT2D eigenvalue weighted by Crippen LogP contribution is -2.40. The normalized spacial score (nSPS) is 15.3. The van der Waals surface area contributed by atoms with Gasteiger partial charge in [-0.05, 0) is 43.7 Å². The topological polar surface area (TPSA) is 79.2 Å². The summed E-state index contributed by atoms with van der Waals surface area (Å²) in [6.45, 7) is 4.44. The first-order chi connectivity index (χ1) is 12.6.